The van der Waals surface area contributed by atoms with Crippen LogP contribution in [-0.4, -0.2) is 61.7 Å². The number of benzene rings is 1. The number of hydrogen-bond acceptors (Lipinski definition) is 6. The van der Waals surface area contributed by atoms with Crippen LogP contribution in [0.15, 0.2) is 24.3 Å². The molecule has 32 heavy (non-hydrogen) atoms. The molecule has 1 saturated heterocycles. The van der Waals surface area contributed by atoms with Crippen molar-refractivity contribution in [3.63, 3.8) is 0 Å². The van der Waals surface area contributed by atoms with E-state index in [1.807, 2.05) is 26.8 Å². The van der Waals surface area contributed by atoms with Crippen LogP contribution in [0.5, 0.6) is 0 Å². The van der Waals surface area contributed by atoms with Gasteiger partial charge in [-0.15, -0.1) is 0 Å². The van der Waals surface area contributed by atoms with E-state index >= 15 is 0 Å². The third kappa shape index (κ3) is 5.63. The lowest BCUT2D eigenvalue weighted by Crippen LogP contribution is -2.50. The molecule has 0 N–H and O–H groups in total. The molecule has 0 atom stereocenters. The first kappa shape index (κ1) is 24.5. The summed E-state index contributed by atoms with van der Waals surface area (Å²) in [5.41, 5.74) is 2.13. The molecular formula is C23H33FN4O3S. The molecule has 2 heterocycles. The Morgan fingerprint density at radius 1 is 1.12 bits per heavy atom. The molecule has 1 aromatic heterocycles. The number of aromatic nitrogens is 2. The zero-order valence-electron chi connectivity index (χ0n) is 19.3. The van der Waals surface area contributed by atoms with Crippen molar-refractivity contribution in [1.82, 2.24) is 14.3 Å². The number of methoxy groups -OCH3 is 1. The number of anilines is 1. The summed E-state index contributed by atoms with van der Waals surface area (Å²) in [4.78, 5) is 11.7. The van der Waals surface area contributed by atoms with E-state index in [0.717, 1.165) is 17.1 Å². The number of rotatable bonds is 9. The Labute approximate surface area is 190 Å². The molecule has 1 aliphatic rings. The van der Waals surface area contributed by atoms with Crippen molar-refractivity contribution < 1.29 is 17.5 Å². The van der Waals surface area contributed by atoms with Crippen molar-refractivity contribution in [3.8, 4) is 0 Å². The average Bonchev–Trinajstić information content (AvgIpc) is 2.76. The largest absolute Gasteiger partial charge is 0.378 e. The Kier molecular flexibility index (Phi) is 8.19. The van der Waals surface area contributed by atoms with Crippen molar-refractivity contribution >= 4 is 15.8 Å². The fourth-order valence-corrected chi connectivity index (χ4v) is 5.38. The quantitative estimate of drug-likeness (QED) is 0.567. The van der Waals surface area contributed by atoms with Crippen LogP contribution in [0.25, 0.3) is 0 Å². The number of ether oxygens (including phenoxy) is 1. The molecule has 0 amide bonds. The second kappa shape index (κ2) is 10.7. The molecule has 9 heteroatoms. The minimum absolute atomic E-state index is 0.109. The number of sulfonamides is 1. The molecule has 0 unspecified atom stereocenters. The van der Waals surface area contributed by atoms with E-state index in [0.29, 0.717) is 57.0 Å². The van der Waals surface area contributed by atoms with Gasteiger partial charge in [0.25, 0.3) is 0 Å². The van der Waals surface area contributed by atoms with Crippen LogP contribution in [0.1, 0.15) is 55.8 Å². The smallest absolute Gasteiger partial charge is 0.214 e. The van der Waals surface area contributed by atoms with Gasteiger partial charge in [-0.25, -0.2) is 22.8 Å². The Hall–Kier alpha value is -2.10. The van der Waals surface area contributed by atoms with E-state index < -0.39 is 10.0 Å². The Morgan fingerprint density at radius 3 is 2.41 bits per heavy atom. The normalized spacial score (nSPS) is 15.5. The SMILES string of the molecule is CCCS(=O)(=O)N1CCN(c2nc(C(C)C)nc(COC)c2Cc2ccccc2F)CC1. The van der Waals surface area contributed by atoms with Crippen LogP contribution in [0.3, 0.4) is 0 Å². The first-order valence-corrected chi connectivity index (χ1v) is 12.7. The fourth-order valence-electron chi connectivity index (χ4n) is 3.89. The van der Waals surface area contributed by atoms with Gasteiger partial charge in [0, 0.05) is 51.2 Å². The summed E-state index contributed by atoms with van der Waals surface area (Å²) in [6.45, 7) is 8.08. The van der Waals surface area contributed by atoms with Crippen molar-refractivity contribution in [2.45, 2.75) is 46.1 Å². The molecule has 1 aliphatic heterocycles. The van der Waals surface area contributed by atoms with Gasteiger partial charge >= 0.3 is 0 Å². The van der Waals surface area contributed by atoms with Crippen molar-refractivity contribution in [3.05, 3.63) is 52.7 Å². The molecule has 0 spiro atoms. The van der Waals surface area contributed by atoms with Crippen LogP contribution in [0.2, 0.25) is 0 Å². The lowest BCUT2D eigenvalue weighted by atomic mass is 10.0. The van der Waals surface area contributed by atoms with E-state index in [-0.39, 0.29) is 17.5 Å². The van der Waals surface area contributed by atoms with Gasteiger partial charge in [-0.1, -0.05) is 39.0 Å². The monoisotopic (exact) mass is 464 g/mol. The summed E-state index contributed by atoms with van der Waals surface area (Å²) in [7, 11) is -1.63. The van der Waals surface area contributed by atoms with Crippen LogP contribution < -0.4 is 4.90 Å². The topological polar surface area (TPSA) is 75.6 Å². The highest BCUT2D eigenvalue weighted by Gasteiger charge is 2.29. The first-order valence-electron chi connectivity index (χ1n) is 11.1. The van der Waals surface area contributed by atoms with Gasteiger partial charge in [0.2, 0.25) is 10.0 Å². The Balaban J connectivity index is 1.99. The number of nitrogens with zero attached hydrogens (tertiary/aromatic N) is 4. The Morgan fingerprint density at radius 2 is 1.81 bits per heavy atom. The molecule has 0 saturated carbocycles. The Bertz CT molecular complexity index is 1020. The van der Waals surface area contributed by atoms with Crippen molar-refractivity contribution in [1.29, 1.82) is 0 Å². The average molecular weight is 465 g/mol. The van der Waals surface area contributed by atoms with Crippen LogP contribution >= 0.6 is 0 Å². The third-order valence-corrected chi connectivity index (χ3v) is 7.68. The van der Waals surface area contributed by atoms with E-state index in [1.165, 1.54) is 6.07 Å². The third-order valence-electron chi connectivity index (χ3n) is 5.60. The zero-order chi connectivity index (χ0) is 23.3. The van der Waals surface area contributed by atoms with Gasteiger partial charge < -0.3 is 9.64 Å². The maximum Gasteiger partial charge on any atom is 0.214 e. The lowest BCUT2D eigenvalue weighted by molar-refractivity contribution is 0.180. The second-order valence-electron chi connectivity index (χ2n) is 8.39. The van der Waals surface area contributed by atoms with Gasteiger partial charge in [0.1, 0.15) is 17.5 Å². The second-order valence-corrected chi connectivity index (χ2v) is 10.5. The number of halogens is 1. The molecule has 0 radical (unpaired) electrons. The van der Waals surface area contributed by atoms with Gasteiger partial charge in [-0.05, 0) is 18.1 Å². The molecule has 1 fully saturated rings. The van der Waals surface area contributed by atoms with Crippen molar-refractivity contribution in [2.24, 2.45) is 0 Å². The molecule has 2 aromatic rings. The van der Waals surface area contributed by atoms with Crippen molar-refractivity contribution in [2.75, 3.05) is 43.9 Å². The number of piperazine rings is 1. The summed E-state index contributed by atoms with van der Waals surface area (Å²) in [6, 6.07) is 6.70. The van der Waals surface area contributed by atoms with E-state index in [1.54, 1.807) is 23.5 Å². The zero-order valence-corrected chi connectivity index (χ0v) is 20.2. The summed E-state index contributed by atoms with van der Waals surface area (Å²) in [6.07, 6.45) is 0.937. The molecule has 176 valence electrons. The maximum atomic E-state index is 14.5. The van der Waals surface area contributed by atoms with Crippen LogP contribution in [0.4, 0.5) is 10.2 Å². The predicted molar refractivity (Wildman–Crippen MR) is 124 cm³/mol. The predicted octanol–water partition coefficient (Wildman–Crippen LogP) is 3.34. The van der Waals surface area contributed by atoms with Crippen LogP contribution in [0, 0.1) is 5.82 Å². The summed E-state index contributed by atoms with van der Waals surface area (Å²) in [5.74, 6) is 1.44. The molecule has 0 aliphatic carbocycles. The van der Waals surface area contributed by atoms with Gasteiger partial charge in [-0.3, -0.25) is 0 Å². The first-order chi connectivity index (χ1) is 15.3. The molecule has 3 rings (SSSR count). The molecule has 7 nitrogen and oxygen atoms in total. The molecule has 0 bridgehead atoms. The summed E-state index contributed by atoms with van der Waals surface area (Å²) in [5, 5.41) is 0. The summed E-state index contributed by atoms with van der Waals surface area (Å²) < 4.78 is 46.4. The summed E-state index contributed by atoms with van der Waals surface area (Å²) >= 11 is 0. The number of hydrogen-bond donors (Lipinski definition) is 0. The van der Waals surface area contributed by atoms with E-state index in [2.05, 4.69) is 4.90 Å². The standard InChI is InChI=1S/C23H33FN4O3S/c1-5-14-32(29,30)28-12-10-27(11-13-28)23-19(15-18-8-6-7-9-20(18)24)21(16-31-4)25-22(26-23)17(2)3/h6-9,17H,5,10-16H2,1-4H3. The van der Waals surface area contributed by atoms with E-state index in [9.17, 15) is 12.8 Å². The highest BCUT2D eigenvalue weighted by molar-refractivity contribution is 7.89. The minimum atomic E-state index is -3.24. The van der Waals surface area contributed by atoms with Gasteiger partial charge in [0.05, 0.1) is 18.1 Å². The van der Waals surface area contributed by atoms with Crippen LogP contribution in [-0.2, 0) is 27.8 Å². The minimum Gasteiger partial charge on any atom is -0.378 e. The maximum absolute atomic E-state index is 14.5. The van der Waals surface area contributed by atoms with Gasteiger partial charge in [-0.2, -0.15) is 4.31 Å². The van der Waals surface area contributed by atoms with E-state index in [4.69, 9.17) is 14.7 Å². The lowest BCUT2D eigenvalue weighted by Gasteiger charge is -2.36. The fraction of sp³-hybridized carbons (Fsp3) is 0.565. The molecular weight excluding hydrogens is 431 g/mol. The van der Waals surface area contributed by atoms with Gasteiger partial charge in [0.15, 0.2) is 0 Å². The molecule has 1 aromatic carbocycles. The highest BCUT2D eigenvalue weighted by Crippen LogP contribution is 2.29. The highest BCUT2D eigenvalue weighted by atomic mass is 32.2.